The number of rotatable bonds is 2. The maximum Gasteiger partial charge on any atom is 0.246 e. The van der Waals surface area contributed by atoms with E-state index in [-0.39, 0.29) is 22.8 Å². The average molecular weight is 464 g/mol. The first-order valence-corrected chi connectivity index (χ1v) is 10.6. The fraction of sp³-hybridized carbons (Fsp3) is 0.217. The van der Waals surface area contributed by atoms with Crippen LogP contribution in [0.1, 0.15) is 23.7 Å². The van der Waals surface area contributed by atoms with Gasteiger partial charge in [-0.05, 0) is 30.6 Å². The van der Waals surface area contributed by atoms with Gasteiger partial charge in [-0.1, -0.05) is 24.1 Å². The van der Waals surface area contributed by atoms with E-state index in [2.05, 4.69) is 33.5 Å². The predicted octanol–water partition coefficient (Wildman–Crippen LogP) is 3.05. The Hall–Kier alpha value is -3.90. The lowest BCUT2D eigenvalue weighted by Gasteiger charge is -2.15. The van der Waals surface area contributed by atoms with Crippen molar-refractivity contribution in [3.05, 3.63) is 59.4 Å². The molecule has 1 aliphatic rings. The molecule has 0 aliphatic carbocycles. The normalized spacial score (nSPS) is 15.7. The molecule has 10 heteroatoms. The monoisotopic (exact) mass is 463 g/mol. The molecule has 1 saturated heterocycles. The number of likely N-dealkylation sites (tertiary alicyclic amines) is 1. The molecule has 0 radical (unpaired) electrons. The van der Waals surface area contributed by atoms with Gasteiger partial charge >= 0.3 is 0 Å². The Morgan fingerprint density at radius 3 is 3.00 bits per heavy atom. The smallest absolute Gasteiger partial charge is 0.246 e. The molecule has 0 saturated carbocycles. The number of fused-ring (bicyclic) bond motifs is 2. The fourth-order valence-electron chi connectivity index (χ4n) is 4.21. The Balaban J connectivity index is 1.59. The second kappa shape index (κ2) is 7.90. The number of halogens is 2. The summed E-state index contributed by atoms with van der Waals surface area (Å²) in [4.78, 5) is 22.1. The number of amides is 1. The maximum absolute atomic E-state index is 14.8. The van der Waals surface area contributed by atoms with Crippen LogP contribution in [0.25, 0.3) is 21.9 Å². The van der Waals surface area contributed by atoms with Crippen LogP contribution in [-0.4, -0.2) is 48.2 Å². The molecule has 33 heavy (non-hydrogen) atoms. The number of nitrogens with zero attached hydrogens (tertiary/aromatic N) is 6. The van der Waals surface area contributed by atoms with Crippen molar-refractivity contribution < 1.29 is 9.18 Å². The molecule has 3 aromatic heterocycles. The summed E-state index contributed by atoms with van der Waals surface area (Å²) in [5, 5.41) is 5.21. The number of carbonyl (C=O) groups excluding carboxylic acids is 1. The number of aromatic nitrogens is 5. The quantitative estimate of drug-likeness (QED) is 0.364. The fourth-order valence-corrected chi connectivity index (χ4v) is 4.40. The van der Waals surface area contributed by atoms with Gasteiger partial charge in [0, 0.05) is 31.9 Å². The number of nitrogen functional groups attached to an aromatic ring is 1. The highest BCUT2D eigenvalue weighted by Gasteiger charge is 2.29. The number of aryl methyl sites for hydroxylation is 1. The predicted molar refractivity (Wildman–Crippen MR) is 124 cm³/mol. The number of pyridine rings is 1. The summed E-state index contributed by atoms with van der Waals surface area (Å²) in [5.74, 6) is 5.51. The van der Waals surface area contributed by atoms with E-state index in [4.69, 9.17) is 17.3 Å². The SMILES string of the molecule is C=CC(=O)N1CC[C@H](n2nc(C#Cc3cc4ncn(C)c4c(F)c3Cl)c3c(N)nccc32)C1. The van der Waals surface area contributed by atoms with E-state index in [1.165, 1.54) is 12.4 Å². The molecule has 2 N–H and O–H groups in total. The summed E-state index contributed by atoms with van der Waals surface area (Å²) in [6, 6.07) is 3.42. The minimum Gasteiger partial charge on any atom is -0.383 e. The molecule has 8 nitrogen and oxygen atoms in total. The first-order valence-electron chi connectivity index (χ1n) is 10.2. The van der Waals surface area contributed by atoms with Crippen molar-refractivity contribution in [2.45, 2.75) is 12.5 Å². The number of hydrogen-bond donors (Lipinski definition) is 1. The number of carbonyl (C=O) groups is 1. The maximum atomic E-state index is 14.8. The van der Waals surface area contributed by atoms with E-state index in [1.807, 2.05) is 10.7 Å². The summed E-state index contributed by atoms with van der Waals surface area (Å²) < 4.78 is 18.2. The molecule has 1 fully saturated rings. The zero-order chi connectivity index (χ0) is 23.3. The second-order valence-electron chi connectivity index (χ2n) is 7.84. The lowest BCUT2D eigenvalue weighted by atomic mass is 10.1. The van der Waals surface area contributed by atoms with Crippen molar-refractivity contribution in [1.29, 1.82) is 0 Å². The first-order chi connectivity index (χ1) is 15.9. The Bertz CT molecular complexity index is 1510. The highest BCUT2D eigenvalue weighted by atomic mass is 35.5. The van der Waals surface area contributed by atoms with E-state index in [0.717, 1.165) is 11.9 Å². The molecule has 1 aliphatic heterocycles. The molecular weight excluding hydrogens is 445 g/mol. The molecule has 1 atom stereocenters. The van der Waals surface area contributed by atoms with E-state index in [0.29, 0.717) is 40.8 Å². The van der Waals surface area contributed by atoms with Crippen molar-refractivity contribution in [2.75, 3.05) is 18.8 Å². The standard InChI is InChI=1S/C23H19ClFN7O/c1-3-18(33)31-9-7-14(11-31)32-17-6-8-27-23(26)19(17)15(29-32)5-4-13-10-16-22(21(25)20(13)24)30(2)12-28-16/h3,6,8,10,12,14H,1,7,9,11H2,2H3,(H2,26,27)/t14-/m0/s1. The summed E-state index contributed by atoms with van der Waals surface area (Å²) in [7, 11) is 1.70. The molecule has 0 unspecified atom stereocenters. The Kier molecular flexibility index (Phi) is 5.02. The molecule has 4 aromatic rings. The van der Waals surface area contributed by atoms with Gasteiger partial charge in [0.05, 0.1) is 33.8 Å². The van der Waals surface area contributed by atoms with Crippen LogP contribution in [0.3, 0.4) is 0 Å². The first kappa shape index (κ1) is 21.0. The second-order valence-corrected chi connectivity index (χ2v) is 8.22. The van der Waals surface area contributed by atoms with Crippen LogP contribution in [0.5, 0.6) is 0 Å². The van der Waals surface area contributed by atoms with Gasteiger partial charge in [0.2, 0.25) is 5.91 Å². The van der Waals surface area contributed by atoms with Crippen LogP contribution < -0.4 is 5.73 Å². The third-order valence-electron chi connectivity index (χ3n) is 5.84. The van der Waals surface area contributed by atoms with E-state index in [1.54, 1.807) is 28.8 Å². The Labute approximate surface area is 193 Å². The largest absolute Gasteiger partial charge is 0.383 e. The third kappa shape index (κ3) is 3.39. The number of benzene rings is 1. The van der Waals surface area contributed by atoms with E-state index >= 15 is 0 Å². The summed E-state index contributed by atoms with van der Waals surface area (Å²) in [6.07, 6.45) is 5.17. The van der Waals surface area contributed by atoms with Crippen LogP contribution in [0.4, 0.5) is 10.2 Å². The number of hydrogen-bond acceptors (Lipinski definition) is 5. The number of anilines is 1. The highest BCUT2D eigenvalue weighted by molar-refractivity contribution is 6.32. The summed E-state index contributed by atoms with van der Waals surface area (Å²) in [5.41, 5.74) is 8.40. The van der Waals surface area contributed by atoms with Gasteiger partial charge in [-0.3, -0.25) is 9.48 Å². The van der Waals surface area contributed by atoms with Crippen LogP contribution >= 0.6 is 11.6 Å². The van der Waals surface area contributed by atoms with Crippen molar-refractivity contribution in [3.8, 4) is 11.8 Å². The van der Waals surface area contributed by atoms with Gasteiger partial charge in [0.15, 0.2) is 5.82 Å². The van der Waals surface area contributed by atoms with Crippen LogP contribution in [0.15, 0.2) is 37.3 Å². The molecule has 0 bridgehead atoms. The zero-order valence-electron chi connectivity index (χ0n) is 17.7. The number of imidazole rings is 1. The van der Waals surface area contributed by atoms with Gasteiger partial charge in [-0.15, -0.1) is 0 Å². The number of nitrogens with two attached hydrogens (primary N) is 1. The molecule has 5 rings (SSSR count). The minimum absolute atomic E-state index is 0.0420. The molecule has 166 valence electrons. The van der Waals surface area contributed by atoms with Gasteiger partial charge in [-0.25, -0.2) is 14.4 Å². The van der Waals surface area contributed by atoms with Crippen molar-refractivity contribution in [3.63, 3.8) is 0 Å². The van der Waals surface area contributed by atoms with Crippen molar-refractivity contribution >= 4 is 45.3 Å². The van der Waals surface area contributed by atoms with E-state index < -0.39 is 5.82 Å². The van der Waals surface area contributed by atoms with Gasteiger partial charge in [0.25, 0.3) is 0 Å². The van der Waals surface area contributed by atoms with Gasteiger partial charge in [0.1, 0.15) is 17.0 Å². The van der Waals surface area contributed by atoms with E-state index in [9.17, 15) is 9.18 Å². The molecule has 1 amide bonds. The Morgan fingerprint density at radius 2 is 2.21 bits per heavy atom. The van der Waals surface area contributed by atoms with Gasteiger partial charge in [-0.2, -0.15) is 5.10 Å². The van der Waals surface area contributed by atoms with Crippen LogP contribution in [-0.2, 0) is 11.8 Å². The van der Waals surface area contributed by atoms with Crippen LogP contribution in [0.2, 0.25) is 5.02 Å². The minimum atomic E-state index is -0.576. The highest BCUT2D eigenvalue weighted by Crippen LogP contribution is 2.30. The molecule has 0 spiro atoms. The van der Waals surface area contributed by atoms with Crippen LogP contribution in [0, 0.1) is 17.7 Å². The zero-order valence-corrected chi connectivity index (χ0v) is 18.5. The lowest BCUT2D eigenvalue weighted by Crippen LogP contribution is -2.27. The van der Waals surface area contributed by atoms with Crippen molar-refractivity contribution in [2.24, 2.45) is 7.05 Å². The molecular formula is C23H19ClFN7O. The third-order valence-corrected chi connectivity index (χ3v) is 6.21. The molecule has 1 aromatic carbocycles. The molecule has 4 heterocycles. The Morgan fingerprint density at radius 1 is 1.39 bits per heavy atom. The van der Waals surface area contributed by atoms with Gasteiger partial charge < -0.3 is 15.2 Å². The summed E-state index contributed by atoms with van der Waals surface area (Å²) in [6.45, 7) is 4.67. The topological polar surface area (TPSA) is 94.9 Å². The van der Waals surface area contributed by atoms with Crippen molar-refractivity contribution in [1.82, 2.24) is 29.2 Å². The lowest BCUT2D eigenvalue weighted by molar-refractivity contribution is -0.125. The summed E-state index contributed by atoms with van der Waals surface area (Å²) >= 11 is 6.26. The average Bonchev–Trinajstić information content (AvgIpc) is 3.52.